The van der Waals surface area contributed by atoms with Gasteiger partial charge in [-0.2, -0.15) is 0 Å². The Morgan fingerprint density at radius 2 is 2.17 bits per heavy atom. The number of rotatable bonds is 1. The van der Waals surface area contributed by atoms with E-state index in [0.717, 1.165) is 6.54 Å². The van der Waals surface area contributed by atoms with E-state index in [4.69, 9.17) is 0 Å². The Bertz CT molecular complexity index is 302. The monoisotopic (exact) mass is 159 g/mol. The topological polar surface area (TPSA) is 3.24 Å². The van der Waals surface area contributed by atoms with E-state index < -0.39 is 0 Å². The number of hydrogen-bond acceptors (Lipinski definition) is 1. The van der Waals surface area contributed by atoms with Crippen molar-refractivity contribution in [1.82, 2.24) is 0 Å². The van der Waals surface area contributed by atoms with Crippen LogP contribution in [0.15, 0.2) is 36.5 Å². The molecule has 0 N–H and O–H groups in total. The van der Waals surface area contributed by atoms with Crippen LogP contribution in [0.4, 0.5) is 5.69 Å². The van der Waals surface area contributed by atoms with Gasteiger partial charge in [0, 0.05) is 12.2 Å². The van der Waals surface area contributed by atoms with E-state index in [1.807, 2.05) is 0 Å². The number of fused-ring (bicyclic) bond motifs is 1. The highest BCUT2D eigenvalue weighted by Crippen LogP contribution is 2.27. The van der Waals surface area contributed by atoms with Crippen LogP contribution in [-0.2, 0) is 6.42 Å². The van der Waals surface area contributed by atoms with E-state index in [-0.39, 0.29) is 0 Å². The Kier molecular flexibility index (Phi) is 1.86. The minimum Gasteiger partial charge on any atom is -0.348 e. The Balaban J connectivity index is 2.36. The van der Waals surface area contributed by atoms with Gasteiger partial charge < -0.3 is 4.90 Å². The lowest BCUT2D eigenvalue weighted by molar-refractivity contribution is 0.991. The molecule has 0 atom stereocenters. The van der Waals surface area contributed by atoms with Crippen molar-refractivity contribution in [2.45, 2.75) is 13.3 Å². The second-order valence-corrected chi connectivity index (χ2v) is 3.05. The van der Waals surface area contributed by atoms with Gasteiger partial charge in [-0.25, -0.2) is 0 Å². The molecule has 0 fully saturated rings. The first-order valence-electron chi connectivity index (χ1n) is 4.39. The SMILES string of the molecule is C/C=C/N1CCc2ccccc21. The van der Waals surface area contributed by atoms with Crippen molar-refractivity contribution in [2.75, 3.05) is 11.4 Å². The summed E-state index contributed by atoms with van der Waals surface area (Å²) in [5.41, 5.74) is 2.84. The largest absolute Gasteiger partial charge is 0.348 e. The van der Waals surface area contributed by atoms with Crippen LogP contribution in [-0.4, -0.2) is 6.54 Å². The molecule has 0 amide bonds. The van der Waals surface area contributed by atoms with Crippen LogP contribution in [0.25, 0.3) is 0 Å². The lowest BCUT2D eigenvalue weighted by Crippen LogP contribution is -2.11. The molecule has 0 saturated heterocycles. The summed E-state index contributed by atoms with van der Waals surface area (Å²) in [5.74, 6) is 0. The van der Waals surface area contributed by atoms with E-state index in [1.165, 1.54) is 17.7 Å². The first-order chi connectivity index (χ1) is 5.92. The molecule has 1 aliphatic rings. The summed E-state index contributed by atoms with van der Waals surface area (Å²) in [7, 11) is 0. The van der Waals surface area contributed by atoms with Gasteiger partial charge in [0.05, 0.1) is 0 Å². The van der Waals surface area contributed by atoms with Gasteiger partial charge >= 0.3 is 0 Å². The molecule has 0 aliphatic carbocycles. The lowest BCUT2D eigenvalue weighted by atomic mass is 10.2. The van der Waals surface area contributed by atoms with Gasteiger partial charge in [-0.3, -0.25) is 0 Å². The fourth-order valence-electron chi connectivity index (χ4n) is 1.70. The quantitative estimate of drug-likeness (QED) is 0.608. The fraction of sp³-hybridized carbons (Fsp3) is 0.273. The van der Waals surface area contributed by atoms with Crippen LogP contribution in [0.2, 0.25) is 0 Å². The molecule has 12 heavy (non-hydrogen) atoms. The van der Waals surface area contributed by atoms with E-state index >= 15 is 0 Å². The van der Waals surface area contributed by atoms with Crippen molar-refractivity contribution in [1.29, 1.82) is 0 Å². The first kappa shape index (κ1) is 7.41. The Labute approximate surface area is 73.3 Å². The summed E-state index contributed by atoms with van der Waals surface area (Å²) in [4.78, 5) is 2.30. The summed E-state index contributed by atoms with van der Waals surface area (Å²) < 4.78 is 0. The second kappa shape index (κ2) is 3.02. The molecule has 1 heterocycles. The molecule has 1 heteroatoms. The zero-order valence-corrected chi connectivity index (χ0v) is 7.33. The maximum atomic E-state index is 2.30. The van der Waals surface area contributed by atoms with Crippen molar-refractivity contribution >= 4 is 5.69 Å². The highest BCUT2D eigenvalue weighted by atomic mass is 15.1. The highest BCUT2D eigenvalue weighted by Gasteiger charge is 2.14. The standard InChI is InChI=1S/C11H13N/c1-2-8-12-9-7-10-5-3-4-6-11(10)12/h2-6,8H,7,9H2,1H3/b8-2+. The van der Waals surface area contributed by atoms with Crippen molar-refractivity contribution < 1.29 is 0 Å². The Hall–Kier alpha value is -1.24. The molecule has 0 spiro atoms. The average molecular weight is 159 g/mol. The van der Waals surface area contributed by atoms with E-state index in [0.29, 0.717) is 0 Å². The third-order valence-electron chi connectivity index (χ3n) is 2.25. The molecule has 1 aliphatic heterocycles. The molecule has 2 rings (SSSR count). The van der Waals surface area contributed by atoms with Gasteiger partial charge in [0.25, 0.3) is 0 Å². The molecular weight excluding hydrogens is 146 g/mol. The average Bonchev–Trinajstić information content (AvgIpc) is 2.50. The van der Waals surface area contributed by atoms with Crippen molar-refractivity contribution in [3.63, 3.8) is 0 Å². The van der Waals surface area contributed by atoms with E-state index in [2.05, 4.69) is 48.4 Å². The summed E-state index contributed by atoms with van der Waals surface area (Å²) in [6.45, 7) is 3.19. The third-order valence-corrected chi connectivity index (χ3v) is 2.25. The Morgan fingerprint density at radius 3 is 3.00 bits per heavy atom. The number of benzene rings is 1. The lowest BCUT2D eigenvalue weighted by Gasteiger charge is -2.12. The van der Waals surface area contributed by atoms with Crippen molar-refractivity contribution in [3.8, 4) is 0 Å². The third kappa shape index (κ3) is 1.11. The van der Waals surface area contributed by atoms with Crippen molar-refractivity contribution in [2.24, 2.45) is 0 Å². The van der Waals surface area contributed by atoms with E-state index in [1.54, 1.807) is 0 Å². The molecule has 62 valence electrons. The van der Waals surface area contributed by atoms with E-state index in [9.17, 15) is 0 Å². The number of hydrogen-bond donors (Lipinski definition) is 0. The van der Waals surface area contributed by atoms with Crippen LogP contribution >= 0.6 is 0 Å². The fourth-order valence-corrected chi connectivity index (χ4v) is 1.70. The number of anilines is 1. The summed E-state index contributed by atoms with van der Waals surface area (Å²) >= 11 is 0. The highest BCUT2D eigenvalue weighted by molar-refractivity contribution is 5.59. The number of para-hydroxylation sites is 1. The molecule has 0 bridgehead atoms. The van der Waals surface area contributed by atoms with Gasteiger partial charge in [-0.15, -0.1) is 0 Å². The van der Waals surface area contributed by atoms with Gasteiger partial charge in [-0.05, 0) is 31.2 Å². The van der Waals surface area contributed by atoms with Crippen LogP contribution < -0.4 is 4.90 Å². The predicted molar refractivity (Wildman–Crippen MR) is 52.3 cm³/mol. The molecule has 1 aromatic carbocycles. The maximum absolute atomic E-state index is 2.30. The molecule has 0 aromatic heterocycles. The summed E-state index contributed by atoms with van der Waals surface area (Å²) in [6.07, 6.45) is 5.41. The zero-order valence-electron chi connectivity index (χ0n) is 7.33. The van der Waals surface area contributed by atoms with Crippen LogP contribution in [0.3, 0.4) is 0 Å². The first-order valence-corrected chi connectivity index (χ1v) is 4.39. The predicted octanol–water partition coefficient (Wildman–Crippen LogP) is 2.58. The molecule has 0 unspecified atom stereocenters. The van der Waals surface area contributed by atoms with Gasteiger partial charge in [0.2, 0.25) is 0 Å². The van der Waals surface area contributed by atoms with Crippen LogP contribution in [0.1, 0.15) is 12.5 Å². The number of allylic oxidation sites excluding steroid dienone is 1. The molecule has 1 aromatic rings. The van der Waals surface area contributed by atoms with Gasteiger partial charge in [-0.1, -0.05) is 24.3 Å². The molecule has 0 radical (unpaired) electrons. The van der Waals surface area contributed by atoms with Crippen molar-refractivity contribution in [3.05, 3.63) is 42.1 Å². The summed E-state index contributed by atoms with van der Waals surface area (Å²) in [5, 5.41) is 0. The van der Waals surface area contributed by atoms with Gasteiger partial charge in [0.15, 0.2) is 0 Å². The smallest absolute Gasteiger partial charge is 0.0439 e. The molecule has 0 saturated carbocycles. The van der Waals surface area contributed by atoms with Crippen LogP contribution in [0, 0.1) is 0 Å². The molecular formula is C11H13N. The minimum atomic E-state index is 1.13. The second-order valence-electron chi connectivity index (χ2n) is 3.05. The van der Waals surface area contributed by atoms with Gasteiger partial charge in [0.1, 0.15) is 0 Å². The van der Waals surface area contributed by atoms with Crippen LogP contribution in [0.5, 0.6) is 0 Å². The maximum Gasteiger partial charge on any atom is 0.0439 e. The number of nitrogens with zero attached hydrogens (tertiary/aromatic N) is 1. The minimum absolute atomic E-state index is 1.13. The summed E-state index contributed by atoms with van der Waals surface area (Å²) in [6, 6.07) is 8.60. The normalized spacial score (nSPS) is 15.6. The zero-order chi connectivity index (χ0) is 8.39. The molecule has 1 nitrogen and oxygen atoms in total. The Morgan fingerprint density at radius 1 is 1.33 bits per heavy atom.